The predicted octanol–water partition coefficient (Wildman–Crippen LogP) is 1.27. The van der Waals surface area contributed by atoms with Gasteiger partial charge in [-0.05, 0) is 18.6 Å². The van der Waals surface area contributed by atoms with Gasteiger partial charge in [-0.15, -0.1) is 0 Å². The predicted molar refractivity (Wildman–Crippen MR) is 78.4 cm³/mol. The maximum absolute atomic E-state index is 11.9. The third-order valence-corrected chi connectivity index (χ3v) is 3.19. The molecule has 0 aliphatic carbocycles. The fourth-order valence-electron chi connectivity index (χ4n) is 2.23. The van der Waals surface area contributed by atoms with Crippen molar-refractivity contribution in [2.45, 2.75) is 20.3 Å². The van der Waals surface area contributed by atoms with Gasteiger partial charge in [0.2, 0.25) is 11.8 Å². The molecular formula is C15H19N3O2. The van der Waals surface area contributed by atoms with Crippen molar-refractivity contribution in [3.05, 3.63) is 35.5 Å². The molecule has 106 valence electrons. The van der Waals surface area contributed by atoms with E-state index in [1.54, 1.807) is 0 Å². The molecule has 0 aliphatic heterocycles. The van der Waals surface area contributed by atoms with Crippen LogP contribution in [0.15, 0.2) is 24.3 Å². The minimum Gasteiger partial charge on any atom is -0.358 e. The van der Waals surface area contributed by atoms with Crippen molar-refractivity contribution in [2.75, 3.05) is 13.1 Å². The van der Waals surface area contributed by atoms with Crippen molar-refractivity contribution in [1.82, 2.24) is 15.6 Å². The maximum Gasteiger partial charge on any atom is 0.224 e. The number of rotatable bonds is 5. The Balaban J connectivity index is 1.96. The van der Waals surface area contributed by atoms with Gasteiger partial charge in [0.25, 0.3) is 0 Å². The van der Waals surface area contributed by atoms with Gasteiger partial charge in [0.1, 0.15) is 0 Å². The quantitative estimate of drug-likeness (QED) is 0.718. The molecule has 2 rings (SSSR count). The van der Waals surface area contributed by atoms with Gasteiger partial charge in [-0.2, -0.15) is 0 Å². The Morgan fingerprint density at radius 2 is 1.85 bits per heavy atom. The number of aromatic nitrogens is 1. The first-order valence-electron chi connectivity index (χ1n) is 6.65. The monoisotopic (exact) mass is 273 g/mol. The average Bonchev–Trinajstić information content (AvgIpc) is 2.71. The molecule has 0 spiro atoms. The highest BCUT2D eigenvalue weighted by molar-refractivity contribution is 5.90. The van der Waals surface area contributed by atoms with Crippen LogP contribution in [0.3, 0.4) is 0 Å². The second-order valence-corrected chi connectivity index (χ2v) is 4.78. The molecule has 1 aromatic heterocycles. The summed E-state index contributed by atoms with van der Waals surface area (Å²) in [6.45, 7) is 4.32. The van der Waals surface area contributed by atoms with Crippen LogP contribution in [0.4, 0.5) is 0 Å². The molecule has 0 radical (unpaired) electrons. The number of carbonyl (C=O) groups excluding carboxylic acids is 2. The highest BCUT2D eigenvalue weighted by Gasteiger charge is 2.11. The first-order valence-corrected chi connectivity index (χ1v) is 6.65. The first-order chi connectivity index (χ1) is 9.58. The molecule has 5 heteroatoms. The van der Waals surface area contributed by atoms with Gasteiger partial charge >= 0.3 is 0 Å². The van der Waals surface area contributed by atoms with E-state index in [4.69, 9.17) is 0 Å². The van der Waals surface area contributed by atoms with Crippen molar-refractivity contribution >= 4 is 22.7 Å². The lowest BCUT2D eigenvalue weighted by atomic mass is 10.1. The fourth-order valence-corrected chi connectivity index (χ4v) is 2.23. The molecule has 1 heterocycles. The summed E-state index contributed by atoms with van der Waals surface area (Å²) in [5.41, 5.74) is 3.09. The molecule has 5 nitrogen and oxygen atoms in total. The lowest BCUT2D eigenvalue weighted by Crippen LogP contribution is -2.34. The first kappa shape index (κ1) is 14.1. The van der Waals surface area contributed by atoms with Crippen LogP contribution in [-0.4, -0.2) is 29.9 Å². The number of amides is 2. The standard InChI is InChI=1S/C15H19N3O2/c1-10-13(12-5-3-4-6-14(12)18-10)9-15(20)17-8-7-16-11(2)19/h3-6,18H,7-9H2,1-2H3,(H,16,19)(H,17,20). The molecule has 0 saturated carbocycles. The van der Waals surface area contributed by atoms with Crippen LogP contribution < -0.4 is 10.6 Å². The van der Waals surface area contributed by atoms with Gasteiger partial charge in [0.05, 0.1) is 6.42 Å². The second kappa shape index (κ2) is 6.23. The smallest absolute Gasteiger partial charge is 0.224 e. The summed E-state index contributed by atoms with van der Waals surface area (Å²) in [4.78, 5) is 25.9. The van der Waals surface area contributed by atoms with E-state index >= 15 is 0 Å². The van der Waals surface area contributed by atoms with Crippen LogP contribution in [0, 0.1) is 6.92 Å². The lowest BCUT2D eigenvalue weighted by Gasteiger charge is -2.06. The molecule has 0 unspecified atom stereocenters. The normalized spacial score (nSPS) is 10.5. The number of hydrogen-bond acceptors (Lipinski definition) is 2. The van der Waals surface area contributed by atoms with Crippen LogP contribution in [0.25, 0.3) is 10.9 Å². The zero-order valence-electron chi connectivity index (χ0n) is 11.7. The summed E-state index contributed by atoms with van der Waals surface area (Å²) >= 11 is 0. The zero-order valence-corrected chi connectivity index (χ0v) is 11.7. The van der Waals surface area contributed by atoms with Crippen molar-refractivity contribution in [3.8, 4) is 0 Å². The third kappa shape index (κ3) is 3.38. The van der Waals surface area contributed by atoms with E-state index < -0.39 is 0 Å². The van der Waals surface area contributed by atoms with E-state index in [0.29, 0.717) is 19.5 Å². The van der Waals surface area contributed by atoms with E-state index in [1.807, 2.05) is 31.2 Å². The van der Waals surface area contributed by atoms with Crippen molar-refractivity contribution < 1.29 is 9.59 Å². The highest BCUT2D eigenvalue weighted by atomic mass is 16.2. The number of carbonyl (C=O) groups is 2. The SMILES string of the molecule is CC(=O)NCCNC(=O)Cc1c(C)[nH]c2ccccc12. The number of aromatic amines is 1. The summed E-state index contributed by atoms with van der Waals surface area (Å²) in [6.07, 6.45) is 0.343. The summed E-state index contributed by atoms with van der Waals surface area (Å²) in [5, 5.41) is 6.53. The van der Waals surface area contributed by atoms with Gasteiger partial charge in [0.15, 0.2) is 0 Å². The Hall–Kier alpha value is -2.30. The zero-order chi connectivity index (χ0) is 14.5. The molecule has 20 heavy (non-hydrogen) atoms. The highest BCUT2D eigenvalue weighted by Crippen LogP contribution is 2.22. The second-order valence-electron chi connectivity index (χ2n) is 4.78. The maximum atomic E-state index is 11.9. The molecule has 0 saturated heterocycles. The summed E-state index contributed by atoms with van der Waals surface area (Å²) in [5.74, 6) is -0.130. The number of aryl methyl sites for hydroxylation is 1. The average molecular weight is 273 g/mol. The fraction of sp³-hybridized carbons (Fsp3) is 0.333. The van der Waals surface area contributed by atoms with Crippen molar-refractivity contribution in [2.24, 2.45) is 0 Å². The molecular weight excluding hydrogens is 254 g/mol. The van der Waals surface area contributed by atoms with Crippen LogP contribution in [0.5, 0.6) is 0 Å². The number of hydrogen-bond donors (Lipinski definition) is 3. The largest absolute Gasteiger partial charge is 0.358 e. The number of fused-ring (bicyclic) bond motifs is 1. The molecule has 0 fully saturated rings. The van der Waals surface area contributed by atoms with Gasteiger partial charge in [-0.3, -0.25) is 9.59 Å². The van der Waals surface area contributed by atoms with E-state index in [2.05, 4.69) is 15.6 Å². The van der Waals surface area contributed by atoms with Gasteiger partial charge in [0, 0.05) is 36.6 Å². The van der Waals surface area contributed by atoms with Gasteiger partial charge in [-0.1, -0.05) is 18.2 Å². The lowest BCUT2D eigenvalue weighted by molar-refractivity contribution is -0.121. The van der Waals surface area contributed by atoms with E-state index in [9.17, 15) is 9.59 Å². The van der Waals surface area contributed by atoms with E-state index in [0.717, 1.165) is 22.2 Å². The van der Waals surface area contributed by atoms with Crippen LogP contribution >= 0.6 is 0 Å². The molecule has 2 aromatic rings. The third-order valence-electron chi connectivity index (χ3n) is 3.19. The molecule has 0 bridgehead atoms. The molecule has 1 aromatic carbocycles. The van der Waals surface area contributed by atoms with E-state index in [1.165, 1.54) is 6.92 Å². The molecule has 0 atom stereocenters. The summed E-state index contributed by atoms with van der Waals surface area (Å²) < 4.78 is 0. The summed E-state index contributed by atoms with van der Waals surface area (Å²) in [6, 6.07) is 7.95. The number of nitrogens with one attached hydrogen (secondary N) is 3. The number of benzene rings is 1. The minimum atomic E-state index is -0.0910. The number of para-hydroxylation sites is 1. The Bertz CT molecular complexity index is 631. The van der Waals surface area contributed by atoms with Crippen LogP contribution in [0.2, 0.25) is 0 Å². The Kier molecular flexibility index (Phi) is 4.40. The van der Waals surface area contributed by atoms with Crippen LogP contribution in [0.1, 0.15) is 18.2 Å². The molecule has 0 aliphatic rings. The Morgan fingerprint density at radius 3 is 2.60 bits per heavy atom. The minimum absolute atomic E-state index is 0.0387. The Morgan fingerprint density at radius 1 is 1.15 bits per heavy atom. The summed E-state index contributed by atoms with van der Waals surface area (Å²) in [7, 11) is 0. The van der Waals surface area contributed by atoms with Crippen molar-refractivity contribution in [3.63, 3.8) is 0 Å². The molecule has 3 N–H and O–H groups in total. The van der Waals surface area contributed by atoms with Crippen LogP contribution in [-0.2, 0) is 16.0 Å². The van der Waals surface area contributed by atoms with E-state index in [-0.39, 0.29) is 11.8 Å². The Labute approximate surface area is 117 Å². The van der Waals surface area contributed by atoms with Gasteiger partial charge in [-0.25, -0.2) is 0 Å². The number of H-pyrrole nitrogens is 1. The van der Waals surface area contributed by atoms with Crippen molar-refractivity contribution in [1.29, 1.82) is 0 Å². The molecule has 2 amide bonds. The topological polar surface area (TPSA) is 74.0 Å². The van der Waals surface area contributed by atoms with Gasteiger partial charge < -0.3 is 15.6 Å².